The fourth-order valence-corrected chi connectivity index (χ4v) is 4.24. The van der Waals surface area contributed by atoms with E-state index >= 15 is 0 Å². The van der Waals surface area contributed by atoms with Gasteiger partial charge in [-0.05, 0) is 25.2 Å². The summed E-state index contributed by atoms with van der Waals surface area (Å²) in [6.07, 6.45) is 1.61. The van der Waals surface area contributed by atoms with E-state index in [0.29, 0.717) is 12.4 Å². The van der Waals surface area contributed by atoms with Gasteiger partial charge in [-0.25, -0.2) is 9.97 Å². The smallest absolute Gasteiger partial charge is 0.163 e. The van der Waals surface area contributed by atoms with E-state index in [1.807, 2.05) is 30.3 Å². The molecule has 2 aromatic carbocycles. The number of likely N-dealkylation sites (N-methyl/N-ethyl adjacent to an activating group) is 1. The number of ether oxygens (including phenoxy) is 2. The predicted molar refractivity (Wildman–Crippen MR) is 116 cm³/mol. The minimum absolute atomic E-state index is 0.627. The minimum Gasteiger partial charge on any atom is -0.493 e. The second-order valence-corrected chi connectivity index (χ2v) is 8.17. The topological polar surface area (TPSA) is 50.7 Å². The van der Waals surface area contributed by atoms with E-state index in [0.717, 1.165) is 59.3 Å². The number of hydrogen-bond acceptors (Lipinski definition) is 7. The van der Waals surface area contributed by atoms with Crippen molar-refractivity contribution in [3.8, 4) is 11.5 Å². The molecule has 0 unspecified atom stereocenters. The van der Waals surface area contributed by atoms with Crippen LogP contribution in [-0.4, -0.2) is 73.3 Å². The number of hydrogen-bond donors (Lipinski definition) is 0. The van der Waals surface area contributed by atoms with E-state index < -0.39 is 0 Å². The summed E-state index contributed by atoms with van der Waals surface area (Å²) in [5.41, 5.74) is 0.855. The van der Waals surface area contributed by atoms with Crippen LogP contribution in [0.2, 0.25) is 0 Å². The van der Waals surface area contributed by atoms with Gasteiger partial charge < -0.3 is 14.4 Å². The van der Waals surface area contributed by atoms with Gasteiger partial charge in [-0.3, -0.25) is 4.90 Å². The Morgan fingerprint density at radius 2 is 1.79 bits per heavy atom. The molecule has 0 saturated carbocycles. The molecule has 1 aliphatic heterocycles. The zero-order valence-electron chi connectivity index (χ0n) is 16.9. The Bertz CT molecular complexity index is 946. The summed E-state index contributed by atoms with van der Waals surface area (Å²) < 4.78 is 11.7. The Kier molecular flexibility index (Phi) is 6.49. The molecule has 2 heterocycles. The quantitative estimate of drug-likeness (QED) is 0.553. The average molecular weight is 411 g/mol. The van der Waals surface area contributed by atoms with Crippen molar-refractivity contribution in [3.05, 3.63) is 48.8 Å². The standard InChI is InChI=1S/C22H26N4O2S/c1-25-8-10-26(11-9-25)12-13-28-21-15-19-18(14-20(21)27-2)22(24-16-23-19)29-17-6-4-3-5-7-17/h3-7,14-16H,8-13H2,1-2H3. The monoisotopic (exact) mass is 410 g/mol. The van der Waals surface area contributed by atoms with Crippen molar-refractivity contribution >= 4 is 22.7 Å². The Labute approximate surface area is 175 Å². The van der Waals surface area contributed by atoms with E-state index in [1.54, 1.807) is 25.2 Å². The van der Waals surface area contributed by atoms with Crippen LogP contribution >= 0.6 is 11.8 Å². The highest BCUT2D eigenvalue weighted by Gasteiger charge is 2.15. The Hall–Kier alpha value is -2.35. The lowest BCUT2D eigenvalue weighted by Gasteiger charge is -2.32. The van der Waals surface area contributed by atoms with Gasteiger partial charge in [0.05, 0.1) is 12.6 Å². The fourth-order valence-electron chi connectivity index (χ4n) is 3.35. The Morgan fingerprint density at radius 1 is 1.00 bits per heavy atom. The first-order valence-corrected chi connectivity index (χ1v) is 10.6. The van der Waals surface area contributed by atoms with Crippen molar-refractivity contribution in [3.63, 3.8) is 0 Å². The van der Waals surface area contributed by atoms with Crippen LogP contribution in [0.5, 0.6) is 11.5 Å². The van der Waals surface area contributed by atoms with Crippen LogP contribution in [0.25, 0.3) is 10.9 Å². The number of piperazine rings is 1. The molecule has 6 nitrogen and oxygen atoms in total. The van der Waals surface area contributed by atoms with Crippen molar-refractivity contribution in [1.82, 2.24) is 19.8 Å². The molecule has 7 heteroatoms. The van der Waals surface area contributed by atoms with Crippen LogP contribution in [0.15, 0.2) is 58.7 Å². The first kappa shape index (κ1) is 19.9. The zero-order valence-corrected chi connectivity index (χ0v) is 17.7. The maximum absolute atomic E-state index is 6.08. The summed E-state index contributed by atoms with van der Waals surface area (Å²) in [6, 6.07) is 14.1. The third-order valence-electron chi connectivity index (χ3n) is 5.10. The fraction of sp³-hybridized carbons (Fsp3) is 0.364. The van der Waals surface area contributed by atoms with E-state index in [2.05, 4.69) is 38.9 Å². The Morgan fingerprint density at radius 3 is 2.55 bits per heavy atom. The number of fused-ring (bicyclic) bond motifs is 1. The number of aromatic nitrogens is 2. The average Bonchev–Trinajstić information content (AvgIpc) is 2.75. The summed E-state index contributed by atoms with van der Waals surface area (Å²) >= 11 is 1.62. The molecule has 1 aromatic heterocycles. The van der Waals surface area contributed by atoms with Crippen LogP contribution in [0.3, 0.4) is 0 Å². The van der Waals surface area contributed by atoms with Crippen LogP contribution in [-0.2, 0) is 0 Å². The van der Waals surface area contributed by atoms with Crippen molar-refractivity contribution in [1.29, 1.82) is 0 Å². The molecular weight excluding hydrogens is 384 g/mol. The highest BCUT2D eigenvalue weighted by Crippen LogP contribution is 2.37. The molecule has 0 bridgehead atoms. The maximum atomic E-state index is 6.08. The van der Waals surface area contributed by atoms with Gasteiger partial charge in [-0.1, -0.05) is 30.0 Å². The lowest BCUT2D eigenvalue weighted by Crippen LogP contribution is -2.45. The third-order valence-corrected chi connectivity index (χ3v) is 6.13. The van der Waals surface area contributed by atoms with Gasteiger partial charge >= 0.3 is 0 Å². The normalized spacial score (nSPS) is 15.5. The molecule has 29 heavy (non-hydrogen) atoms. The van der Waals surface area contributed by atoms with Crippen molar-refractivity contribution in [2.24, 2.45) is 0 Å². The van der Waals surface area contributed by atoms with Gasteiger partial charge in [0.15, 0.2) is 11.5 Å². The van der Waals surface area contributed by atoms with E-state index in [9.17, 15) is 0 Å². The second kappa shape index (κ2) is 9.43. The molecular formula is C22H26N4O2S. The molecule has 0 N–H and O–H groups in total. The number of nitrogens with zero attached hydrogens (tertiary/aromatic N) is 4. The highest BCUT2D eigenvalue weighted by atomic mass is 32.2. The number of rotatable bonds is 7. The van der Waals surface area contributed by atoms with Gasteiger partial charge in [0.2, 0.25) is 0 Å². The van der Waals surface area contributed by atoms with Gasteiger partial charge in [0.25, 0.3) is 0 Å². The zero-order chi connectivity index (χ0) is 20.1. The van der Waals surface area contributed by atoms with Crippen LogP contribution in [0.4, 0.5) is 0 Å². The first-order chi connectivity index (χ1) is 14.2. The van der Waals surface area contributed by atoms with Gasteiger partial charge in [0, 0.05) is 49.1 Å². The minimum atomic E-state index is 0.627. The molecule has 152 valence electrons. The van der Waals surface area contributed by atoms with E-state index in [4.69, 9.17) is 9.47 Å². The van der Waals surface area contributed by atoms with Crippen molar-refractivity contribution < 1.29 is 9.47 Å². The molecule has 0 atom stereocenters. The lowest BCUT2D eigenvalue weighted by atomic mass is 10.2. The van der Waals surface area contributed by atoms with E-state index in [1.165, 1.54) is 0 Å². The molecule has 4 rings (SSSR count). The van der Waals surface area contributed by atoms with Gasteiger partial charge in [-0.15, -0.1) is 0 Å². The van der Waals surface area contributed by atoms with Gasteiger partial charge in [0.1, 0.15) is 18.0 Å². The van der Waals surface area contributed by atoms with Crippen LogP contribution in [0, 0.1) is 0 Å². The molecule has 0 radical (unpaired) electrons. The molecule has 0 aliphatic carbocycles. The third kappa shape index (κ3) is 4.98. The molecule has 1 aliphatic rings. The highest BCUT2D eigenvalue weighted by molar-refractivity contribution is 7.99. The van der Waals surface area contributed by atoms with Crippen molar-refractivity contribution in [2.45, 2.75) is 9.92 Å². The number of benzene rings is 2. The molecule has 1 fully saturated rings. The lowest BCUT2D eigenvalue weighted by molar-refractivity contribution is 0.133. The van der Waals surface area contributed by atoms with Crippen LogP contribution < -0.4 is 9.47 Å². The summed E-state index contributed by atoms with van der Waals surface area (Å²) in [6.45, 7) is 5.93. The summed E-state index contributed by atoms with van der Waals surface area (Å²) in [5.74, 6) is 1.43. The summed E-state index contributed by atoms with van der Waals surface area (Å²) in [7, 11) is 3.84. The molecule has 1 saturated heterocycles. The van der Waals surface area contributed by atoms with Gasteiger partial charge in [-0.2, -0.15) is 0 Å². The van der Waals surface area contributed by atoms with Crippen molar-refractivity contribution in [2.75, 3.05) is 53.5 Å². The molecule has 3 aromatic rings. The summed E-state index contributed by atoms with van der Waals surface area (Å²) in [4.78, 5) is 14.9. The SMILES string of the molecule is COc1cc2c(Sc3ccccc3)ncnc2cc1OCCN1CCN(C)CC1. The van der Waals surface area contributed by atoms with Crippen LogP contribution in [0.1, 0.15) is 0 Å². The Balaban J connectivity index is 1.50. The molecule has 0 amide bonds. The first-order valence-electron chi connectivity index (χ1n) is 9.82. The predicted octanol–water partition coefficient (Wildman–Crippen LogP) is 3.42. The maximum Gasteiger partial charge on any atom is 0.163 e. The molecule has 0 spiro atoms. The largest absolute Gasteiger partial charge is 0.493 e. The second-order valence-electron chi connectivity index (χ2n) is 7.11. The van der Waals surface area contributed by atoms with E-state index in [-0.39, 0.29) is 0 Å². The summed E-state index contributed by atoms with van der Waals surface area (Å²) in [5, 5.41) is 1.87. The number of methoxy groups -OCH3 is 1.